The molecule has 0 aromatic heterocycles. The molecule has 0 fully saturated rings. The van der Waals surface area contributed by atoms with Crippen LogP contribution in [0, 0.1) is 64.1 Å². The summed E-state index contributed by atoms with van der Waals surface area (Å²) in [5, 5.41) is 20.3. The van der Waals surface area contributed by atoms with Crippen LogP contribution in [0.5, 0.6) is 0 Å². The molecule has 11 unspecified atom stereocenters. The summed E-state index contributed by atoms with van der Waals surface area (Å²) in [6.07, 6.45) is 53.4. The topological polar surface area (TPSA) is 54.1 Å². The third kappa shape index (κ3) is 5.74. The van der Waals surface area contributed by atoms with Gasteiger partial charge in [-0.15, -0.1) is 0 Å². The van der Waals surface area contributed by atoms with Gasteiger partial charge in [-0.05, 0) is 131 Å². The van der Waals surface area contributed by atoms with E-state index in [2.05, 4.69) is 113 Å². The molecule has 0 aromatic rings. The highest BCUT2D eigenvalue weighted by molar-refractivity contribution is 5.44. The summed E-state index contributed by atoms with van der Waals surface area (Å²) in [7, 11) is 0. The highest BCUT2D eigenvalue weighted by Gasteiger charge is 2.49. The molecule has 4 nitrogen and oxygen atoms in total. The van der Waals surface area contributed by atoms with Gasteiger partial charge in [0.2, 0.25) is 0 Å². The van der Waals surface area contributed by atoms with Crippen LogP contribution in [0.4, 0.5) is 0 Å². The number of hydrogen-bond acceptors (Lipinski definition) is 4. The molecule has 0 radical (unpaired) electrons. The minimum absolute atomic E-state index is 0.134. The Labute approximate surface area is 323 Å². The fraction of sp³-hybridized carbons (Fsp3) is 0.520. The van der Waals surface area contributed by atoms with Crippen molar-refractivity contribution < 1.29 is 0 Å². The Morgan fingerprint density at radius 2 is 1.52 bits per heavy atom. The predicted octanol–water partition coefficient (Wildman–Crippen LogP) is 11.0. The highest BCUT2D eigenvalue weighted by atomic mass is 15.3. The average molecular weight is 713 g/mol. The Morgan fingerprint density at radius 1 is 0.667 bits per heavy atom. The molecule has 2 aliphatic heterocycles. The van der Waals surface area contributed by atoms with E-state index in [-0.39, 0.29) is 5.92 Å². The minimum Gasteiger partial charge on any atom is -0.361 e. The van der Waals surface area contributed by atoms with Crippen molar-refractivity contribution in [1.29, 1.82) is 10.5 Å². The lowest BCUT2D eigenvalue weighted by Gasteiger charge is -2.48. The number of allylic oxidation sites excluding steroid dienone is 14. The predicted molar refractivity (Wildman–Crippen MR) is 217 cm³/mol. The first kappa shape index (κ1) is 34.2. The Balaban J connectivity index is 1.06. The van der Waals surface area contributed by atoms with E-state index in [9.17, 15) is 10.5 Å². The molecular formula is C50H56N4. The molecule has 0 saturated carbocycles. The smallest absolute Gasteiger partial charge is 0.0946 e. The maximum atomic E-state index is 10.3. The summed E-state index contributed by atoms with van der Waals surface area (Å²) in [6.45, 7) is 0. The second-order valence-corrected chi connectivity index (χ2v) is 17.9. The van der Waals surface area contributed by atoms with Crippen molar-refractivity contribution in [2.45, 2.75) is 120 Å². The van der Waals surface area contributed by atoms with Gasteiger partial charge in [-0.25, -0.2) is 0 Å². The van der Waals surface area contributed by atoms with Crippen LogP contribution >= 0.6 is 0 Å². The number of nitriles is 2. The van der Waals surface area contributed by atoms with Crippen LogP contribution < -0.4 is 0 Å². The maximum Gasteiger partial charge on any atom is 0.0946 e. The zero-order chi connectivity index (χ0) is 36.2. The largest absolute Gasteiger partial charge is 0.361 e. The third-order valence-corrected chi connectivity index (χ3v) is 15.3. The first-order chi connectivity index (χ1) is 26.7. The zero-order valence-corrected chi connectivity index (χ0v) is 31.9. The van der Waals surface area contributed by atoms with Gasteiger partial charge in [0.15, 0.2) is 0 Å². The number of nitrogens with zero attached hydrogens (tertiary/aromatic N) is 4. The SMILES string of the molecule is N#CC1=C(C2CC=CCC2C2C=CC=CC2C2=CC(N3C4=C(CC(C#N)CC4)C4C=CC=CC43)CC(N3C4=C(CCC=C4)C4CCC=CC43)C2)CCCC1. The zero-order valence-electron chi connectivity index (χ0n) is 31.9. The molecule has 4 heteroatoms. The quantitative estimate of drug-likeness (QED) is 0.266. The van der Waals surface area contributed by atoms with E-state index >= 15 is 0 Å². The van der Waals surface area contributed by atoms with E-state index in [1.807, 2.05) is 0 Å². The second kappa shape index (κ2) is 14.4. The third-order valence-electron chi connectivity index (χ3n) is 15.3. The van der Waals surface area contributed by atoms with Gasteiger partial charge >= 0.3 is 0 Å². The van der Waals surface area contributed by atoms with Gasteiger partial charge in [0.1, 0.15) is 0 Å². The molecule has 0 aromatic carbocycles. The molecule has 0 amide bonds. The van der Waals surface area contributed by atoms with Crippen LogP contribution in [-0.2, 0) is 0 Å². The number of hydrogen-bond donors (Lipinski definition) is 0. The van der Waals surface area contributed by atoms with Gasteiger partial charge in [0, 0.05) is 46.8 Å². The molecule has 11 atom stereocenters. The lowest BCUT2D eigenvalue weighted by Crippen LogP contribution is -2.50. The van der Waals surface area contributed by atoms with E-state index in [1.165, 1.54) is 43.3 Å². The molecule has 276 valence electrons. The molecule has 54 heavy (non-hydrogen) atoms. The van der Waals surface area contributed by atoms with Gasteiger partial charge < -0.3 is 9.80 Å². The normalized spacial score (nSPS) is 39.3. The molecular weight excluding hydrogens is 657 g/mol. The lowest BCUT2D eigenvalue weighted by molar-refractivity contribution is 0.136. The lowest BCUT2D eigenvalue weighted by atomic mass is 9.63. The second-order valence-electron chi connectivity index (χ2n) is 17.9. The molecule has 0 bridgehead atoms. The Morgan fingerprint density at radius 3 is 2.43 bits per heavy atom. The van der Waals surface area contributed by atoms with Crippen LogP contribution in [0.3, 0.4) is 0 Å². The summed E-state index contributed by atoms with van der Waals surface area (Å²) in [5.74, 6) is 2.90. The molecule has 0 saturated heterocycles. The number of rotatable bonds is 5. The summed E-state index contributed by atoms with van der Waals surface area (Å²) < 4.78 is 0. The summed E-state index contributed by atoms with van der Waals surface area (Å²) in [6, 6.07) is 6.86. The Bertz CT molecular complexity index is 1970. The van der Waals surface area contributed by atoms with Gasteiger partial charge in [-0.2, -0.15) is 10.5 Å². The van der Waals surface area contributed by atoms with Crippen molar-refractivity contribution in [2.75, 3.05) is 0 Å². The molecule has 10 aliphatic rings. The first-order valence-electron chi connectivity index (χ1n) is 21.6. The van der Waals surface area contributed by atoms with Crippen molar-refractivity contribution in [1.82, 2.24) is 9.80 Å². The molecule has 8 aliphatic carbocycles. The van der Waals surface area contributed by atoms with Crippen molar-refractivity contribution in [3.8, 4) is 12.1 Å². The highest BCUT2D eigenvalue weighted by Crippen LogP contribution is 2.53. The van der Waals surface area contributed by atoms with E-state index < -0.39 is 0 Å². The van der Waals surface area contributed by atoms with Gasteiger partial charge in [0.05, 0.1) is 30.1 Å². The van der Waals surface area contributed by atoms with E-state index in [4.69, 9.17) is 0 Å². The van der Waals surface area contributed by atoms with E-state index in [0.29, 0.717) is 59.7 Å². The Hall–Kier alpha value is -4.28. The van der Waals surface area contributed by atoms with E-state index in [0.717, 1.165) is 69.8 Å². The number of fused-ring (bicyclic) bond motifs is 4. The fourth-order valence-corrected chi connectivity index (χ4v) is 13.1. The monoisotopic (exact) mass is 712 g/mol. The van der Waals surface area contributed by atoms with Crippen LogP contribution in [0.15, 0.2) is 130 Å². The van der Waals surface area contributed by atoms with Crippen LogP contribution in [0.1, 0.15) is 96.3 Å². The van der Waals surface area contributed by atoms with Crippen LogP contribution in [-0.4, -0.2) is 34.0 Å². The molecule has 0 N–H and O–H groups in total. The van der Waals surface area contributed by atoms with Crippen molar-refractivity contribution in [3.63, 3.8) is 0 Å². The molecule has 0 spiro atoms. The van der Waals surface area contributed by atoms with Crippen molar-refractivity contribution >= 4 is 0 Å². The van der Waals surface area contributed by atoms with Crippen molar-refractivity contribution in [2.24, 2.45) is 41.4 Å². The first-order valence-corrected chi connectivity index (χ1v) is 21.6. The van der Waals surface area contributed by atoms with Crippen molar-refractivity contribution in [3.05, 3.63) is 130 Å². The standard InChI is InChI=1S/C50H56N4/c51-31-33-25-26-50-46(27-33)45-21-9-12-24-49(45)54(50)37-29-35(28-36(30-37)53-47-22-10-7-19-43(47)44-20-8-11-23-48(44)53)39-15-3-4-17-41(39)42-18-6-5-16-40(42)38-14-2-1-13-34(38)32-52/h3-6,9-12,15,17,21-24,29,33,36-37,39-43,45,47,49H,1-2,7-8,13-14,16,18-20,25-28,30H2. The summed E-state index contributed by atoms with van der Waals surface area (Å²) in [5.41, 5.74) is 10.6. The minimum atomic E-state index is 0.134. The van der Waals surface area contributed by atoms with Gasteiger partial charge in [0.25, 0.3) is 0 Å². The van der Waals surface area contributed by atoms with Crippen LogP contribution in [0.25, 0.3) is 0 Å². The Kier molecular flexibility index (Phi) is 9.14. The maximum absolute atomic E-state index is 10.3. The fourth-order valence-electron chi connectivity index (χ4n) is 13.1. The summed E-state index contributed by atoms with van der Waals surface area (Å²) in [4.78, 5) is 5.79. The average Bonchev–Trinajstić information content (AvgIpc) is 3.76. The molecule has 2 heterocycles. The molecule has 10 rings (SSSR count). The van der Waals surface area contributed by atoms with Gasteiger partial charge in [-0.3, -0.25) is 0 Å². The summed E-state index contributed by atoms with van der Waals surface area (Å²) >= 11 is 0. The van der Waals surface area contributed by atoms with Gasteiger partial charge in [-0.1, -0.05) is 96.2 Å². The van der Waals surface area contributed by atoms with Crippen LogP contribution in [0.2, 0.25) is 0 Å². The van der Waals surface area contributed by atoms with E-state index in [1.54, 1.807) is 22.5 Å².